The van der Waals surface area contributed by atoms with Gasteiger partial charge in [-0.25, -0.2) is 4.98 Å². The molecule has 17 heavy (non-hydrogen) atoms. The number of hydrogen-bond donors (Lipinski definition) is 1. The first-order chi connectivity index (χ1) is 8.00. The second-order valence-electron chi connectivity index (χ2n) is 3.18. The molecule has 1 N–H and O–H groups in total. The Morgan fingerprint density at radius 3 is 3.00 bits per heavy atom. The number of amides is 1. The number of oxazole rings is 1. The number of anilines is 1. The Morgan fingerprint density at radius 2 is 2.41 bits per heavy atom. The van der Waals surface area contributed by atoms with Crippen molar-refractivity contribution in [3.63, 3.8) is 0 Å². The van der Waals surface area contributed by atoms with Crippen molar-refractivity contribution in [1.82, 2.24) is 4.98 Å². The molecule has 1 aromatic heterocycles. The molecule has 2 aromatic rings. The third-order valence-electron chi connectivity index (χ3n) is 1.99. The largest absolute Gasteiger partial charge is 0.430 e. The third kappa shape index (κ3) is 1.92. The number of carbonyl (C=O) groups excluding carboxylic acids is 1. The predicted octanol–water partition coefficient (Wildman–Crippen LogP) is 2.15. The number of carbonyl (C=O) groups is 1. The topological polar surface area (TPSA) is 98.3 Å². The molecular formula is C9H5ClN3O4. The summed E-state index contributed by atoms with van der Waals surface area (Å²) in [7, 11) is 0. The summed E-state index contributed by atoms with van der Waals surface area (Å²) in [6.45, 7) is 1.27. The van der Waals surface area contributed by atoms with E-state index in [9.17, 15) is 14.9 Å². The molecular weight excluding hydrogens is 250 g/mol. The van der Waals surface area contributed by atoms with Crippen molar-refractivity contribution in [2.24, 2.45) is 0 Å². The number of nitrogens with one attached hydrogen (secondary N) is 1. The monoisotopic (exact) mass is 254 g/mol. The maximum absolute atomic E-state index is 11.0. The fourth-order valence-corrected chi connectivity index (χ4v) is 1.60. The zero-order valence-electron chi connectivity index (χ0n) is 8.48. The number of hydrogen-bond acceptors (Lipinski definition) is 5. The van der Waals surface area contributed by atoms with Crippen molar-refractivity contribution in [1.29, 1.82) is 0 Å². The molecule has 0 saturated carbocycles. The summed E-state index contributed by atoms with van der Waals surface area (Å²) >= 11 is 5.79. The van der Waals surface area contributed by atoms with E-state index in [1.54, 1.807) is 0 Å². The number of aromatic nitrogens is 1. The molecule has 0 aliphatic carbocycles. The molecule has 1 heterocycles. The summed E-state index contributed by atoms with van der Waals surface area (Å²) in [5.41, 5.74) is 0.0167. The lowest BCUT2D eigenvalue weighted by atomic mass is 10.2. The summed E-state index contributed by atoms with van der Waals surface area (Å²) in [6.07, 6.45) is 2.17. The Kier molecular flexibility index (Phi) is 2.68. The fraction of sp³-hybridized carbons (Fsp3) is 0.111. The predicted molar refractivity (Wildman–Crippen MR) is 58.8 cm³/mol. The van der Waals surface area contributed by atoms with Crippen LogP contribution >= 0.6 is 11.6 Å². The van der Waals surface area contributed by atoms with E-state index in [1.165, 1.54) is 6.92 Å². The molecule has 0 saturated heterocycles. The lowest BCUT2D eigenvalue weighted by Crippen LogP contribution is -2.06. The van der Waals surface area contributed by atoms with Crippen LogP contribution in [0.1, 0.15) is 6.92 Å². The molecule has 8 heteroatoms. The van der Waals surface area contributed by atoms with Crippen molar-refractivity contribution >= 4 is 40.0 Å². The number of nitro groups is 1. The van der Waals surface area contributed by atoms with Crippen LogP contribution in [0.5, 0.6) is 0 Å². The van der Waals surface area contributed by atoms with Gasteiger partial charge in [0.25, 0.3) is 12.1 Å². The van der Waals surface area contributed by atoms with Crippen molar-refractivity contribution in [2.75, 3.05) is 5.32 Å². The Hall–Kier alpha value is -2.15. The number of fused-ring (bicyclic) bond motifs is 1. The van der Waals surface area contributed by atoms with Crippen molar-refractivity contribution in [2.45, 2.75) is 6.92 Å². The maximum Gasteiger partial charge on any atom is 0.292 e. The lowest BCUT2D eigenvalue weighted by Gasteiger charge is -2.03. The van der Waals surface area contributed by atoms with Crippen LogP contribution in [-0.4, -0.2) is 15.8 Å². The Morgan fingerprint density at radius 1 is 1.71 bits per heavy atom. The molecule has 0 atom stereocenters. The van der Waals surface area contributed by atoms with Gasteiger partial charge in [0.2, 0.25) is 5.91 Å². The van der Waals surface area contributed by atoms with Crippen LogP contribution in [-0.2, 0) is 4.79 Å². The highest BCUT2D eigenvalue weighted by atomic mass is 35.5. The molecule has 0 bridgehead atoms. The maximum atomic E-state index is 11.0. The number of nitrogens with zero attached hydrogens (tertiary/aromatic N) is 2. The van der Waals surface area contributed by atoms with Crippen LogP contribution in [0, 0.1) is 16.5 Å². The Labute approximate surface area is 99.5 Å². The van der Waals surface area contributed by atoms with Crippen LogP contribution in [0.3, 0.4) is 0 Å². The van der Waals surface area contributed by atoms with Gasteiger partial charge in [0.05, 0.1) is 10.6 Å². The van der Waals surface area contributed by atoms with Crippen molar-refractivity contribution < 1.29 is 14.1 Å². The number of nitro benzene ring substituents is 1. The van der Waals surface area contributed by atoms with Gasteiger partial charge in [-0.05, 0) is 0 Å². The standard InChI is InChI=1S/C9H5ClN3O4/c1-4(14)12-5-2-6(13(15)16)7(10)8-9(5)17-3-11-8/h2H,1H3,(H,12,14). The van der Waals surface area contributed by atoms with E-state index in [4.69, 9.17) is 16.0 Å². The van der Waals surface area contributed by atoms with E-state index in [2.05, 4.69) is 16.7 Å². The van der Waals surface area contributed by atoms with E-state index in [0.29, 0.717) is 0 Å². The van der Waals surface area contributed by atoms with Crippen LogP contribution < -0.4 is 5.32 Å². The molecule has 0 fully saturated rings. The highest BCUT2D eigenvalue weighted by molar-refractivity contribution is 6.37. The Balaban J connectivity index is 2.73. The van der Waals surface area contributed by atoms with Crippen LogP contribution in [0.15, 0.2) is 10.5 Å². The molecule has 2 rings (SSSR count). The summed E-state index contributed by atoms with van der Waals surface area (Å²) in [5.74, 6) is -0.390. The molecule has 1 amide bonds. The van der Waals surface area contributed by atoms with Gasteiger partial charge < -0.3 is 9.73 Å². The van der Waals surface area contributed by atoms with Gasteiger partial charge in [-0.3, -0.25) is 14.9 Å². The van der Waals surface area contributed by atoms with Crippen LogP contribution in [0.25, 0.3) is 11.1 Å². The molecule has 1 radical (unpaired) electrons. The highest BCUT2D eigenvalue weighted by Crippen LogP contribution is 2.36. The van der Waals surface area contributed by atoms with Crippen molar-refractivity contribution in [3.8, 4) is 0 Å². The molecule has 0 spiro atoms. The first-order valence-electron chi connectivity index (χ1n) is 4.41. The second kappa shape index (κ2) is 4.02. The average molecular weight is 255 g/mol. The van der Waals surface area contributed by atoms with Gasteiger partial charge in [-0.15, -0.1) is 0 Å². The molecule has 87 valence electrons. The summed E-state index contributed by atoms with van der Waals surface area (Å²) in [6, 6.07) is 1.12. The minimum absolute atomic E-state index is 0.0876. The highest BCUT2D eigenvalue weighted by Gasteiger charge is 2.22. The van der Waals surface area contributed by atoms with Gasteiger partial charge >= 0.3 is 0 Å². The van der Waals surface area contributed by atoms with Gasteiger partial charge in [0.1, 0.15) is 10.5 Å². The van der Waals surface area contributed by atoms with Gasteiger partial charge in [0.15, 0.2) is 5.58 Å². The smallest absolute Gasteiger partial charge is 0.292 e. The van der Waals surface area contributed by atoms with Gasteiger partial charge in [-0.1, -0.05) is 11.6 Å². The summed E-state index contributed by atoms with van der Waals surface area (Å²) in [4.78, 5) is 24.7. The number of halogens is 1. The third-order valence-corrected chi connectivity index (χ3v) is 2.36. The zero-order valence-corrected chi connectivity index (χ0v) is 9.24. The first kappa shape index (κ1) is 11.3. The first-order valence-corrected chi connectivity index (χ1v) is 4.79. The number of benzene rings is 1. The van der Waals surface area contributed by atoms with E-state index < -0.39 is 4.92 Å². The van der Waals surface area contributed by atoms with Crippen molar-refractivity contribution in [3.05, 3.63) is 27.6 Å². The normalized spacial score (nSPS) is 10.5. The van der Waals surface area contributed by atoms with Crippen LogP contribution in [0.4, 0.5) is 11.4 Å². The van der Waals surface area contributed by atoms with E-state index in [0.717, 1.165) is 6.07 Å². The average Bonchev–Trinajstić information content (AvgIpc) is 2.70. The molecule has 7 nitrogen and oxygen atoms in total. The Bertz CT molecular complexity index is 622. The lowest BCUT2D eigenvalue weighted by molar-refractivity contribution is -0.384. The molecule has 0 aliphatic rings. The van der Waals surface area contributed by atoms with E-state index >= 15 is 0 Å². The molecule has 0 unspecified atom stereocenters. The SMILES string of the molecule is CC(=O)Nc1cc([N+](=O)[O-])c(Cl)c2n[c]oc12. The van der Waals surface area contributed by atoms with E-state index in [-0.39, 0.29) is 33.4 Å². The fourth-order valence-electron chi connectivity index (χ4n) is 1.35. The number of rotatable bonds is 2. The quantitative estimate of drug-likeness (QED) is 0.654. The second-order valence-corrected chi connectivity index (χ2v) is 3.56. The minimum Gasteiger partial charge on any atom is -0.430 e. The van der Waals surface area contributed by atoms with Gasteiger partial charge in [-0.2, -0.15) is 0 Å². The molecule has 0 aliphatic heterocycles. The van der Waals surface area contributed by atoms with Gasteiger partial charge in [0, 0.05) is 13.0 Å². The summed E-state index contributed by atoms with van der Waals surface area (Å²) in [5, 5.41) is 13.0. The van der Waals surface area contributed by atoms with E-state index in [1.807, 2.05) is 0 Å². The minimum atomic E-state index is -0.665. The summed E-state index contributed by atoms with van der Waals surface area (Å²) < 4.78 is 4.91. The van der Waals surface area contributed by atoms with Crippen LogP contribution in [0.2, 0.25) is 5.02 Å². The molecule has 1 aromatic carbocycles. The zero-order chi connectivity index (χ0) is 12.6.